The number of aromatic nitrogens is 2. The van der Waals surface area contributed by atoms with Gasteiger partial charge < -0.3 is 10.1 Å². The average molecular weight is 255 g/mol. The van der Waals surface area contributed by atoms with Gasteiger partial charge in [0.15, 0.2) is 0 Å². The van der Waals surface area contributed by atoms with E-state index in [9.17, 15) is 0 Å². The van der Waals surface area contributed by atoms with Crippen LogP contribution in [0.15, 0.2) is 0 Å². The molecular weight excluding hydrogens is 234 g/mol. The molecule has 0 aliphatic heterocycles. The number of ether oxygens (including phenoxy) is 1. The minimum absolute atomic E-state index is 0.165. The molecule has 1 aliphatic rings. The first-order valence-corrected chi connectivity index (χ1v) is 6.85. The van der Waals surface area contributed by atoms with Crippen LogP contribution in [0.3, 0.4) is 0 Å². The molecule has 2 rings (SSSR count). The van der Waals surface area contributed by atoms with Gasteiger partial charge in [0.1, 0.15) is 5.82 Å². The van der Waals surface area contributed by atoms with Crippen molar-refractivity contribution in [1.29, 1.82) is 0 Å². The second-order valence-corrected chi connectivity index (χ2v) is 6.34. The number of nitrogens with one attached hydrogen (secondary N) is 1. The molecule has 0 radical (unpaired) electrons. The van der Waals surface area contributed by atoms with Crippen LogP contribution < -0.4 is 5.32 Å². The summed E-state index contributed by atoms with van der Waals surface area (Å²) in [5.41, 5.74) is 0.165. The molecule has 1 aliphatic carbocycles. The summed E-state index contributed by atoms with van der Waals surface area (Å²) in [5, 5.41) is 4.40. The summed E-state index contributed by atoms with van der Waals surface area (Å²) < 4.78 is 9.79. The summed E-state index contributed by atoms with van der Waals surface area (Å²) in [6.45, 7) is 8.68. The van der Waals surface area contributed by atoms with Crippen molar-refractivity contribution < 1.29 is 4.74 Å². The number of methoxy groups -OCH3 is 1. The fourth-order valence-corrected chi connectivity index (χ4v) is 2.97. The van der Waals surface area contributed by atoms with Gasteiger partial charge in [-0.3, -0.25) is 0 Å². The van der Waals surface area contributed by atoms with Gasteiger partial charge in [-0.1, -0.05) is 27.7 Å². The molecule has 2 atom stereocenters. The van der Waals surface area contributed by atoms with Crippen LogP contribution in [-0.4, -0.2) is 28.6 Å². The van der Waals surface area contributed by atoms with Crippen LogP contribution in [0.1, 0.15) is 45.9 Å². The van der Waals surface area contributed by atoms with Crippen molar-refractivity contribution >= 4 is 16.7 Å². The third kappa shape index (κ3) is 2.31. The maximum atomic E-state index is 5.44. The highest BCUT2D eigenvalue weighted by Crippen LogP contribution is 2.44. The molecule has 0 amide bonds. The summed E-state index contributed by atoms with van der Waals surface area (Å²) in [7, 11) is 1.78. The van der Waals surface area contributed by atoms with Crippen molar-refractivity contribution in [3.63, 3.8) is 0 Å². The molecule has 5 heteroatoms. The Morgan fingerprint density at radius 2 is 2.18 bits per heavy atom. The van der Waals surface area contributed by atoms with Crippen molar-refractivity contribution in [2.45, 2.75) is 52.2 Å². The van der Waals surface area contributed by atoms with Gasteiger partial charge in [0.2, 0.25) is 5.13 Å². The third-order valence-electron chi connectivity index (χ3n) is 3.72. The SMILES string of the molecule is COC1CC(Nc2nc(C(C)C)ns2)C1(C)C. The van der Waals surface area contributed by atoms with E-state index in [4.69, 9.17) is 4.74 Å². The summed E-state index contributed by atoms with van der Waals surface area (Å²) in [6.07, 6.45) is 1.39. The molecule has 4 nitrogen and oxygen atoms in total. The molecule has 0 spiro atoms. The number of hydrogen-bond donors (Lipinski definition) is 1. The quantitative estimate of drug-likeness (QED) is 0.898. The van der Waals surface area contributed by atoms with Crippen molar-refractivity contribution in [3.05, 3.63) is 5.82 Å². The minimum atomic E-state index is 0.165. The Labute approximate surface area is 107 Å². The molecule has 1 saturated carbocycles. The van der Waals surface area contributed by atoms with Gasteiger partial charge in [-0.15, -0.1) is 0 Å². The highest BCUT2D eigenvalue weighted by atomic mass is 32.1. The molecular formula is C12H21N3OS. The Hall–Kier alpha value is -0.680. The summed E-state index contributed by atoms with van der Waals surface area (Å²) >= 11 is 1.45. The first-order chi connectivity index (χ1) is 7.95. The summed E-state index contributed by atoms with van der Waals surface area (Å²) in [4.78, 5) is 4.50. The maximum absolute atomic E-state index is 5.44. The van der Waals surface area contributed by atoms with Crippen molar-refractivity contribution in [2.75, 3.05) is 12.4 Å². The lowest BCUT2D eigenvalue weighted by Gasteiger charge is -2.51. The standard InChI is InChI=1S/C12H21N3OS/c1-7(2)10-14-11(17-15-10)13-8-6-9(16-5)12(8,3)4/h7-9H,6H2,1-5H3,(H,13,14,15). The maximum Gasteiger partial charge on any atom is 0.202 e. The van der Waals surface area contributed by atoms with E-state index in [1.807, 2.05) is 0 Å². The van der Waals surface area contributed by atoms with Crippen LogP contribution in [0.2, 0.25) is 0 Å². The zero-order chi connectivity index (χ0) is 12.6. The molecule has 1 aromatic heterocycles. The Bertz CT molecular complexity index is 389. The van der Waals surface area contributed by atoms with Crippen LogP contribution >= 0.6 is 11.5 Å². The molecule has 1 N–H and O–H groups in total. The molecule has 0 aromatic carbocycles. The zero-order valence-corrected chi connectivity index (χ0v) is 12.0. The minimum Gasteiger partial charge on any atom is -0.381 e. The van der Waals surface area contributed by atoms with Gasteiger partial charge >= 0.3 is 0 Å². The van der Waals surface area contributed by atoms with E-state index in [-0.39, 0.29) is 5.41 Å². The molecule has 1 fully saturated rings. The molecule has 2 unspecified atom stereocenters. The predicted octanol–water partition coefficient (Wildman–Crippen LogP) is 2.89. The highest BCUT2D eigenvalue weighted by molar-refractivity contribution is 7.09. The van der Waals surface area contributed by atoms with Gasteiger partial charge in [-0.25, -0.2) is 4.98 Å². The topological polar surface area (TPSA) is 47.0 Å². The molecule has 0 bridgehead atoms. The Morgan fingerprint density at radius 3 is 2.65 bits per heavy atom. The van der Waals surface area contributed by atoms with Crippen molar-refractivity contribution in [3.8, 4) is 0 Å². The van der Waals surface area contributed by atoms with Gasteiger partial charge in [-0.2, -0.15) is 4.37 Å². The second-order valence-electron chi connectivity index (χ2n) is 5.59. The van der Waals surface area contributed by atoms with Gasteiger partial charge in [0.25, 0.3) is 0 Å². The fraction of sp³-hybridized carbons (Fsp3) is 0.833. The number of rotatable bonds is 4. The largest absolute Gasteiger partial charge is 0.381 e. The van der Waals surface area contributed by atoms with Crippen molar-refractivity contribution in [1.82, 2.24) is 9.36 Å². The van der Waals surface area contributed by atoms with Crippen LogP contribution in [0, 0.1) is 5.41 Å². The number of nitrogens with zero attached hydrogens (tertiary/aromatic N) is 2. The van der Waals surface area contributed by atoms with E-state index in [1.54, 1.807) is 7.11 Å². The lowest BCUT2D eigenvalue weighted by atomic mass is 9.64. The van der Waals surface area contributed by atoms with Crippen LogP contribution in [0.4, 0.5) is 5.13 Å². The predicted molar refractivity (Wildman–Crippen MR) is 70.6 cm³/mol. The lowest BCUT2D eigenvalue weighted by molar-refractivity contribution is -0.0794. The number of hydrogen-bond acceptors (Lipinski definition) is 5. The lowest BCUT2D eigenvalue weighted by Crippen LogP contribution is -2.57. The third-order valence-corrected chi connectivity index (χ3v) is 4.38. The van der Waals surface area contributed by atoms with Crippen molar-refractivity contribution in [2.24, 2.45) is 5.41 Å². The Balaban J connectivity index is 1.98. The summed E-state index contributed by atoms with van der Waals surface area (Å²) in [5.74, 6) is 1.32. The van der Waals surface area contributed by atoms with Crippen LogP contribution in [0.5, 0.6) is 0 Å². The zero-order valence-electron chi connectivity index (χ0n) is 11.2. The normalized spacial score (nSPS) is 26.9. The first kappa shape index (κ1) is 12.8. The molecule has 96 valence electrons. The fourth-order valence-electron chi connectivity index (χ4n) is 2.21. The van der Waals surface area contributed by atoms with Gasteiger partial charge in [-0.05, 0) is 6.42 Å². The molecule has 17 heavy (non-hydrogen) atoms. The van der Waals surface area contributed by atoms with Gasteiger partial charge in [0, 0.05) is 36.0 Å². The Morgan fingerprint density at radius 1 is 1.47 bits per heavy atom. The second kappa shape index (κ2) is 4.53. The average Bonchev–Trinajstić information content (AvgIpc) is 2.72. The first-order valence-electron chi connectivity index (χ1n) is 6.08. The number of anilines is 1. The molecule has 0 saturated heterocycles. The summed E-state index contributed by atoms with van der Waals surface area (Å²) in [6, 6.07) is 0.431. The smallest absolute Gasteiger partial charge is 0.202 e. The van der Waals surface area contributed by atoms with Crippen LogP contribution in [-0.2, 0) is 4.74 Å². The molecule has 1 heterocycles. The molecule has 1 aromatic rings. The van der Waals surface area contributed by atoms with E-state index in [2.05, 4.69) is 42.4 Å². The van der Waals surface area contributed by atoms with E-state index in [0.717, 1.165) is 17.4 Å². The monoisotopic (exact) mass is 255 g/mol. The van der Waals surface area contributed by atoms with Gasteiger partial charge in [0.05, 0.1) is 6.10 Å². The van der Waals surface area contributed by atoms with E-state index in [0.29, 0.717) is 18.1 Å². The van der Waals surface area contributed by atoms with E-state index >= 15 is 0 Å². The highest BCUT2D eigenvalue weighted by Gasteiger charge is 2.48. The Kier molecular flexibility index (Phi) is 3.41. The van der Waals surface area contributed by atoms with Crippen LogP contribution in [0.25, 0.3) is 0 Å². The van der Waals surface area contributed by atoms with E-state index in [1.165, 1.54) is 11.5 Å². The van der Waals surface area contributed by atoms with E-state index < -0.39 is 0 Å².